The Hall–Kier alpha value is -1.69. The van der Waals surface area contributed by atoms with Crippen molar-refractivity contribution in [2.45, 2.75) is 51.5 Å². The van der Waals surface area contributed by atoms with Crippen LogP contribution in [0.25, 0.3) is 0 Å². The van der Waals surface area contributed by atoms with E-state index in [1.807, 2.05) is 6.07 Å². The molecule has 0 atom stereocenters. The SMILES string of the molecule is CCN(c1ccc(N)c(CC#N)c1)C1CCCCC1. The van der Waals surface area contributed by atoms with Gasteiger partial charge < -0.3 is 10.6 Å². The van der Waals surface area contributed by atoms with Crippen LogP contribution in [-0.2, 0) is 6.42 Å². The predicted molar refractivity (Wildman–Crippen MR) is 80.1 cm³/mol. The van der Waals surface area contributed by atoms with E-state index in [0.29, 0.717) is 12.5 Å². The van der Waals surface area contributed by atoms with E-state index in [1.54, 1.807) is 0 Å². The highest BCUT2D eigenvalue weighted by Crippen LogP contribution is 2.29. The quantitative estimate of drug-likeness (QED) is 0.840. The van der Waals surface area contributed by atoms with Gasteiger partial charge in [-0.15, -0.1) is 0 Å². The van der Waals surface area contributed by atoms with E-state index in [1.165, 1.54) is 37.8 Å². The van der Waals surface area contributed by atoms with E-state index in [4.69, 9.17) is 11.0 Å². The Bertz CT molecular complexity index is 456. The van der Waals surface area contributed by atoms with Crippen molar-refractivity contribution in [2.75, 3.05) is 17.2 Å². The highest BCUT2D eigenvalue weighted by atomic mass is 15.2. The fourth-order valence-electron chi connectivity index (χ4n) is 3.05. The van der Waals surface area contributed by atoms with Crippen LogP contribution < -0.4 is 10.6 Å². The molecule has 0 heterocycles. The van der Waals surface area contributed by atoms with Crippen LogP contribution in [0.4, 0.5) is 11.4 Å². The zero-order valence-corrected chi connectivity index (χ0v) is 11.7. The van der Waals surface area contributed by atoms with Gasteiger partial charge in [-0.25, -0.2) is 0 Å². The van der Waals surface area contributed by atoms with Crippen LogP contribution in [-0.4, -0.2) is 12.6 Å². The molecule has 0 aliphatic heterocycles. The molecule has 0 unspecified atom stereocenters. The Morgan fingerprint density at radius 2 is 2.05 bits per heavy atom. The van der Waals surface area contributed by atoms with Crippen LogP contribution in [0.5, 0.6) is 0 Å². The molecule has 1 aliphatic carbocycles. The first kappa shape index (κ1) is 13.7. The van der Waals surface area contributed by atoms with E-state index < -0.39 is 0 Å². The second kappa shape index (κ2) is 6.47. The molecule has 19 heavy (non-hydrogen) atoms. The van der Waals surface area contributed by atoms with Crippen LogP contribution in [0.2, 0.25) is 0 Å². The molecule has 2 N–H and O–H groups in total. The van der Waals surface area contributed by atoms with Crippen molar-refractivity contribution in [1.29, 1.82) is 5.26 Å². The van der Waals surface area contributed by atoms with Gasteiger partial charge in [0.1, 0.15) is 0 Å². The molecular formula is C16H23N3. The van der Waals surface area contributed by atoms with Crippen molar-refractivity contribution >= 4 is 11.4 Å². The van der Waals surface area contributed by atoms with E-state index in [9.17, 15) is 0 Å². The highest BCUT2D eigenvalue weighted by Gasteiger charge is 2.20. The van der Waals surface area contributed by atoms with E-state index in [2.05, 4.69) is 30.0 Å². The van der Waals surface area contributed by atoms with Crippen molar-refractivity contribution in [3.63, 3.8) is 0 Å². The zero-order chi connectivity index (χ0) is 13.7. The molecule has 0 spiro atoms. The average Bonchev–Trinajstić information content (AvgIpc) is 2.44. The van der Waals surface area contributed by atoms with Crippen molar-refractivity contribution in [3.05, 3.63) is 23.8 Å². The molecule has 0 aromatic heterocycles. The maximum absolute atomic E-state index is 8.86. The Morgan fingerprint density at radius 1 is 1.32 bits per heavy atom. The number of nitriles is 1. The second-order valence-electron chi connectivity index (χ2n) is 5.30. The molecule has 1 saturated carbocycles. The van der Waals surface area contributed by atoms with E-state index in [-0.39, 0.29) is 0 Å². The molecule has 3 nitrogen and oxygen atoms in total. The van der Waals surface area contributed by atoms with Crippen LogP contribution in [0.1, 0.15) is 44.6 Å². The van der Waals surface area contributed by atoms with Crippen LogP contribution in [0, 0.1) is 11.3 Å². The molecule has 1 aromatic carbocycles. The number of nitrogens with zero attached hydrogens (tertiary/aromatic N) is 2. The Balaban J connectivity index is 2.22. The van der Waals surface area contributed by atoms with Crippen LogP contribution >= 0.6 is 0 Å². The minimum Gasteiger partial charge on any atom is -0.398 e. The smallest absolute Gasteiger partial charge is 0.0670 e. The third-order valence-electron chi connectivity index (χ3n) is 4.08. The lowest BCUT2D eigenvalue weighted by Crippen LogP contribution is -2.36. The second-order valence-corrected chi connectivity index (χ2v) is 5.30. The molecule has 0 bridgehead atoms. The number of hydrogen-bond donors (Lipinski definition) is 1. The fraction of sp³-hybridized carbons (Fsp3) is 0.562. The summed E-state index contributed by atoms with van der Waals surface area (Å²) < 4.78 is 0. The number of nitrogens with two attached hydrogens (primary N) is 1. The Labute approximate surface area is 116 Å². The van der Waals surface area contributed by atoms with Crippen LogP contribution in [0.3, 0.4) is 0 Å². The third kappa shape index (κ3) is 3.20. The van der Waals surface area contributed by atoms with Crippen molar-refractivity contribution in [3.8, 4) is 6.07 Å². The van der Waals surface area contributed by atoms with Gasteiger partial charge in [-0.1, -0.05) is 19.3 Å². The summed E-state index contributed by atoms with van der Waals surface area (Å²) in [7, 11) is 0. The minimum atomic E-state index is 0.391. The van der Waals surface area contributed by atoms with Gasteiger partial charge in [0.25, 0.3) is 0 Å². The van der Waals surface area contributed by atoms with E-state index >= 15 is 0 Å². The van der Waals surface area contributed by atoms with Gasteiger partial charge in [0.05, 0.1) is 12.5 Å². The number of benzene rings is 1. The third-order valence-corrected chi connectivity index (χ3v) is 4.08. The Kier molecular flexibility index (Phi) is 4.68. The van der Waals surface area contributed by atoms with Gasteiger partial charge in [0, 0.05) is 24.0 Å². The fourth-order valence-corrected chi connectivity index (χ4v) is 3.05. The first-order chi connectivity index (χ1) is 9.26. The molecule has 102 valence electrons. The van der Waals surface area contributed by atoms with Crippen LogP contribution in [0.15, 0.2) is 18.2 Å². The van der Waals surface area contributed by atoms with Crippen molar-refractivity contribution in [2.24, 2.45) is 0 Å². The molecule has 1 aliphatic rings. The number of nitrogen functional groups attached to an aromatic ring is 1. The van der Waals surface area contributed by atoms with E-state index in [0.717, 1.165) is 17.8 Å². The lowest BCUT2D eigenvalue weighted by molar-refractivity contribution is 0.418. The van der Waals surface area contributed by atoms with Crippen molar-refractivity contribution < 1.29 is 0 Å². The summed E-state index contributed by atoms with van der Waals surface area (Å²) in [4.78, 5) is 2.47. The average molecular weight is 257 g/mol. The summed E-state index contributed by atoms with van der Waals surface area (Å²) >= 11 is 0. The summed E-state index contributed by atoms with van der Waals surface area (Å²) in [6.07, 6.45) is 7.00. The number of anilines is 2. The number of hydrogen-bond acceptors (Lipinski definition) is 3. The van der Waals surface area contributed by atoms with Gasteiger partial charge >= 0.3 is 0 Å². The highest BCUT2D eigenvalue weighted by molar-refractivity contribution is 5.59. The standard InChI is InChI=1S/C16H23N3/c1-2-19(14-6-4-3-5-7-14)15-8-9-16(18)13(12-15)10-11-17/h8-9,12,14H,2-7,10,18H2,1H3. The summed E-state index contributed by atoms with van der Waals surface area (Å²) in [6.45, 7) is 3.22. The van der Waals surface area contributed by atoms with Gasteiger partial charge in [0.15, 0.2) is 0 Å². The molecule has 2 rings (SSSR count). The molecule has 0 saturated heterocycles. The zero-order valence-electron chi connectivity index (χ0n) is 11.7. The largest absolute Gasteiger partial charge is 0.398 e. The summed E-state index contributed by atoms with van der Waals surface area (Å²) in [5.74, 6) is 0. The maximum atomic E-state index is 8.86. The summed E-state index contributed by atoms with van der Waals surface area (Å²) in [6, 6.07) is 8.96. The summed E-state index contributed by atoms with van der Waals surface area (Å²) in [5.41, 5.74) is 8.82. The lowest BCUT2D eigenvalue weighted by Gasteiger charge is -2.35. The topological polar surface area (TPSA) is 53.0 Å². The first-order valence-corrected chi connectivity index (χ1v) is 7.28. The Morgan fingerprint density at radius 3 is 2.68 bits per heavy atom. The monoisotopic (exact) mass is 257 g/mol. The molecule has 1 fully saturated rings. The van der Waals surface area contributed by atoms with Crippen molar-refractivity contribution in [1.82, 2.24) is 0 Å². The molecule has 1 aromatic rings. The minimum absolute atomic E-state index is 0.391. The molecule has 3 heteroatoms. The predicted octanol–water partition coefficient (Wildman–Crippen LogP) is 3.49. The van der Waals surface area contributed by atoms with Gasteiger partial charge in [0.2, 0.25) is 0 Å². The summed E-state index contributed by atoms with van der Waals surface area (Å²) in [5, 5.41) is 8.86. The van der Waals surface area contributed by atoms with Gasteiger partial charge in [-0.05, 0) is 43.5 Å². The normalized spacial score (nSPS) is 16.0. The van der Waals surface area contributed by atoms with Gasteiger partial charge in [-0.3, -0.25) is 0 Å². The lowest BCUT2D eigenvalue weighted by atomic mass is 9.93. The molecule has 0 radical (unpaired) electrons. The molecule has 0 amide bonds. The van der Waals surface area contributed by atoms with Gasteiger partial charge in [-0.2, -0.15) is 5.26 Å². The molecular weight excluding hydrogens is 234 g/mol. The maximum Gasteiger partial charge on any atom is 0.0670 e. The number of rotatable bonds is 4. The first-order valence-electron chi connectivity index (χ1n) is 7.28.